The van der Waals surface area contributed by atoms with Gasteiger partial charge in [0.15, 0.2) is 5.78 Å². The van der Waals surface area contributed by atoms with Crippen LogP contribution in [0.25, 0.3) is 10.9 Å². The zero-order chi connectivity index (χ0) is 16.7. The zero-order valence-corrected chi connectivity index (χ0v) is 14.1. The molecule has 0 bridgehead atoms. The highest BCUT2D eigenvalue weighted by molar-refractivity contribution is 6.36. The van der Waals surface area contributed by atoms with Gasteiger partial charge in [0, 0.05) is 16.6 Å². The molecule has 0 saturated carbocycles. The predicted molar refractivity (Wildman–Crippen MR) is 95.3 cm³/mol. The quantitative estimate of drug-likeness (QED) is 0.603. The number of hydrogen-bond donors (Lipinski definition) is 0. The first-order chi connectivity index (χ1) is 11.6. The van der Waals surface area contributed by atoms with Crippen molar-refractivity contribution in [3.63, 3.8) is 0 Å². The van der Waals surface area contributed by atoms with Gasteiger partial charge >= 0.3 is 0 Å². The number of aromatic nitrogens is 1. The van der Waals surface area contributed by atoms with Gasteiger partial charge in [0.1, 0.15) is 11.5 Å². The molecule has 0 saturated heterocycles. The summed E-state index contributed by atoms with van der Waals surface area (Å²) >= 11 is 6.58. The molecule has 4 heteroatoms. The molecule has 3 nitrogen and oxygen atoms in total. The molecule has 0 atom stereocenters. The first kappa shape index (κ1) is 15.2. The van der Waals surface area contributed by atoms with Crippen LogP contribution in [0.2, 0.25) is 5.02 Å². The minimum Gasteiger partial charge on any atom is -0.457 e. The summed E-state index contributed by atoms with van der Waals surface area (Å²) in [6, 6.07) is 12.9. The zero-order valence-electron chi connectivity index (χ0n) is 13.3. The molecule has 1 aliphatic rings. The number of pyridine rings is 1. The van der Waals surface area contributed by atoms with Crippen LogP contribution in [0.15, 0.2) is 42.5 Å². The Morgan fingerprint density at radius 3 is 2.58 bits per heavy atom. The monoisotopic (exact) mass is 337 g/mol. The van der Waals surface area contributed by atoms with Crippen LogP contribution in [0.1, 0.15) is 35.0 Å². The van der Waals surface area contributed by atoms with Gasteiger partial charge in [-0.15, -0.1) is 0 Å². The lowest BCUT2D eigenvalue weighted by molar-refractivity contribution is 0.101. The van der Waals surface area contributed by atoms with Crippen molar-refractivity contribution in [2.75, 3.05) is 0 Å². The highest BCUT2D eigenvalue weighted by Gasteiger charge is 2.18. The van der Waals surface area contributed by atoms with Crippen molar-refractivity contribution in [2.24, 2.45) is 0 Å². The first-order valence-electron chi connectivity index (χ1n) is 8.02. The van der Waals surface area contributed by atoms with Crippen molar-refractivity contribution in [3.8, 4) is 11.5 Å². The molecular weight excluding hydrogens is 322 g/mol. The van der Waals surface area contributed by atoms with Crippen LogP contribution in [0.4, 0.5) is 0 Å². The largest absolute Gasteiger partial charge is 0.457 e. The van der Waals surface area contributed by atoms with E-state index in [-0.39, 0.29) is 5.78 Å². The summed E-state index contributed by atoms with van der Waals surface area (Å²) in [6.07, 6.45) is 3.12. The van der Waals surface area contributed by atoms with Gasteiger partial charge in [0.05, 0.1) is 10.5 Å². The lowest BCUT2D eigenvalue weighted by Gasteiger charge is -2.10. The van der Waals surface area contributed by atoms with Crippen LogP contribution < -0.4 is 4.74 Å². The molecule has 0 radical (unpaired) electrons. The summed E-state index contributed by atoms with van der Waals surface area (Å²) in [5, 5.41) is 1.72. The van der Waals surface area contributed by atoms with Crippen molar-refractivity contribution in [3.05, 3.63) is 64.3 Å². The minimum absolute atomic E-state index is 0.0407. The second-order valence-electron chi connectivity index (χ2n) is 6.07. The van der Waals surface area contributed by atoms with Crippen LogP contribution in [-0.2, 0) is 12.8 Å². The molecule has 4 rings (SSSR count). The molecule has 1 aromatic heterocycles. The number of carbonyl (C=O) groups is 1. The molecule has 0 aliphatic heterocycles. The van der Waals surface area contributed by atoms with Gasteiger partial charge in [-0.3, -0.25) is 9.78 Å². The third-order valence-electron chi connectivity index (χ3n) is 4.41. The number of ketones is 1. The van der Waals surface area contributed by atoms with Crippen LogP contribution >= 0.6 is 11.6 Å². The highest BCUT2D eigenvalue weighted by Crippen LogP contribution is 2.35. The van der Waals surface area contributed by atoms with E-state index in [0.717, 1.165) is 40.9 Å². The van der Waals surface area contributed by atoms with Gasteiger partial charge in [0.25, 0.3) is 0 Å². The molecule has 0 unspecified atom stereocenters. The van der Waals surface area contributed by atoms with Gasteiger partial charge in [-0.05, 0) is 74.2 Å². The van der Waals surface area contributed by atoms with Crippen molar-refractivity contribution in [1.29, 1.82) is 0 Å². The molecule has 1 heterocycles. The van der Waals surface area contributed by atoms with Crippen molar-refractivity contribution in [1.82, 2.24) is 4.98 Å². The summed E-state index contributed by atoms with van der Waals surface area (Å²) in [6.45, 7) is 1.55. The van der Waals surface area contributed by atoms with Crippen LogP contribution in [0, 0.1) is 0 Å². The number of fused-ring (bicyclic) bond motifs is 2. The number of ether oxygens (including phenoxy) is 1. The van der Waals surface area contributed by atoms with Gasteiger partial charge in [-0.2, -0.15) is 0 Å². The average Bonchev–Trinajstić information content (AvgIpc) is 3.05. The predicted octanol–water partition coefficient (Wildman–Crippen LogP) is 5.37. The van der Waals surface area contributed by atoms with E-state index in [4.69, 9.17) is 21.3 Å². The van der Waals surface area contributed by atoms with Crippen molar-refractivity contribution >= 4 is 28.3 Å². The third-order valence-corrected chi connectivity index (χ3v) is 4.84. The molecule has 2 aromatic carbocycles. The Bertz CT molecular complexity index is 948. The smallest absolute Gasteiger partial charge is 0.159 e. The number of carbonyl (C=O) groups excluding carboxylic acids is 1. The number of rotatable bonds is 3. The lowest BCUT2D eigenvalue weighted by atomic mass is 10.1. The van der Waals surface area contributed by atoms with Crippen molar-refractivity contribution < 1.29 is 9.53 Å². The molecule has 3 aromatic rings. The second kappa shape index (κ2) is 5.91. The fourth-order valence-corrected chi connectivity index (χ4v) is 3.50. The Hall–Kier alpha value is -2.39. The Morgan fingerprint density at radius 1 is 1.08 bits per heavy atom. The number of nitrogens with zero attached hydrogens (tertiary/aromatic N) is 1. The fraction of sp³-hybridized carbons (Fsp3) is 0.200. The third kappa shape index (κ3) is 2.65. The van der Waals surface area contributed by atoms with E-state index in [0.29, 0.717) is 17.1 Å². The molecule has 24 heavy (non-hydrogen) atoms. The van der Waals surface area contributed by atoms with E-state index in [9.17, 15) is 4.79 Å². The van der Waals surface area contributed by atoms with Crippen LogP contribution in [-0.4, -0.2) is 10.8 Å². The first-order valence-corrected chi connectivity index (χ1v) is 8.39. The van der Waals surface area contributed by atoms with Gasteiger partial charge < -0.3 is 4.74 Å². The summed E-state index contributed by atoms with van der Waals surface area (Å²) < 4.78 is 5.90. The average molecular weight is 338 g/mol. The molecule has 0 N–H and O–H groups in total. The number of hydrogen-bond acceptors (Lipinski definition) is 3. The summed E-state index contributed by atoms with van der Waals surface area (Å²) in [5.41, 5.74) is 3.87. The minimum atomic E-state index is 0.0407. The molecule has 120 valence electrons. The lowest BCUT2D eigenvalue weighted by Crippen LogP contribution is -1.93. The maximum atomic E-state index is 11.3. The van der Waals surface area contributed by atoms with Gasteiger partial charge in [0.2, 0.25) is 0 Å². The van der Waals surface area contributed by atoms with E-state index in [1.807, 2.05) is 18.2 Å². The number of Topliss-reactive ketones (excluding diaryl/α,β-unsaturated/α-hetero) is 1. The number of halogens is 1. The van der Waals surface area contributed by atoms with Gasteiger partial charge in [-0.1, -0.05) is 11.6 Å². The summed E-state index contributed by atoms with van der Waals surface area (Å²) in [5.74, 6) is 1.43. The summed E-state index contributed by atoms with van der Waals surface area (Å²) in [7, 11) is 0. The SMILES string of the molecule is CC(=O)c1ccc(Oc2ccc3nc4c(c(Cl)c3c2)CCC4)cc1. The van der Waals surface area contributed by atoms with E-state index in [1.165, 1.54) is 5.56 Å². The van der Waals surface area contributed by atoms with Crippen LogP contribution in [0.5, 0.6) is 11.5 Å². The Labute approximate surface area is 145 Å². The second-order valence-corrected chi connectivity index (χ2v) is 6.44. The van der Waals surface area contributed by atoms with E-state index in [2.05, 4.69) is 0 Å². The number of benzene rings is 2. The Balaban J connectivity index is 1.69. The van der Waals surface area contributed by atoms with Crippen molar-refractivity contribution in [2.45, 2.75) is 26.2 Å². The summed E-state index contributed by atoms with van der Waals surface area (Å²) in [4.78, 5) is 16.0. The normalized spacial score (nSPS) is 13.1. The van der Waals surface area contributed by atoms with Crippen LogP contribution in [0.3, 0.4) is 0 Å². The van der Waals surface area contributed by atoms with E-state index < -0.39 is 0 Å². The highest BCUT2D eigenvalue weighted by atomic mass is 35.5. The number of aryl methyl sites for hydroxylation is 1. The van der Waals surface area contributed by atoms with E-state index >= 15 is 0 Å². The fourth-order valence-electron chi connectivity index (χ4n) is 3.14. The maximum Gasteiger partial charge on any atom is 0.159 e. The molecule has 0 amide bonds. The molecular formula is C20H16ClNO2. The molecule has 0 fully saturated rings. The maximum absolute atomic E-state index is 11.3. The van der Waals surface area contributed by atoms with E-state index in [1.54, 1.807) is 31.2 Å². The Morgan fingerprint density at radius 2 is 1.83 bits per heavy atom. The van der Waals surface area contributed by atoms with Gasteiger partial charge in [-0.25, -0.2) is 0 Å². The Kier molecular flexibility index (Phi) is 3.73. The topological polar surface area (TPSA) is 39.2 Å². The standard InChI is InChI=1S/C20H16ClNO2/c1-12(23)13-5-7-14(8-6-13)24-15-9-10-19-17(11-15)20(21)16-3-2-4-18(16)22-19/h5-11H,2-4H2,1H3. The molecule has 1 aliphatic carbocycles. The molecule has 0 spiro atoms.